The number of hydrogen-bond donors (Lipinski definition) is 1. The summed E-state index contributed by atoms with van der Waals surface area (Å²) < 4.78 is 3.80. The summed E-state index contributed by atoms with van der Waals surface area (Å²) in [6.07, 6.45) is -0.240. The zero-order chi connectivity index (χ0) is 12.4. The van der Waals surface area contributed by atoms with Gasteiger partial charge in [0.05, 0.1) is 26.7 Å². The Morgan fingerprint density at radius 2 is 2.18 bits per heavy atom. The van der Waals surface area contributed by atoms with E-state index < -0.39 is 6.10 Å². The van der Waals surface area contributed by atoms with Gasteiger partial charge in [-0.3, -0.25) is 0 Å². The fourth-order valence-corrected chi connectivity index (χ4v) is 2.58. The van der Waals surface area contributed by atoms with Gasteiger partial charge in [-0.1, -0.05) is 39.8 Å². The minimum atomic E-state index is -0.647. The first-order valence-corrected chi connectivity index (χ1v) is 6.52. The first kappa shape index (κ1) is 12.8. The van der Waals surface area contributed by atoms with Crippen LogP contribution in [0.15, 0.2) is 18.2 Å². The summed E-state index contributed by atoms with van der Waals surface area (Å²) in [7, 11) is 0. The SMILES string of the molecule is Cc1nnsc1C(O)Cc1cccc(Cl)c1Cl. The number of hydrogen-bond acceptors (Lipinski definition) is 4. The fourth-order valence-electron chi connectivity index (χ4n) is 1.55. The Bertz CT molecular complexity index is 530. The number of aromatic nitrogens is 2. The Labute approximate surface area is 113 Å². The summed E-state index contributed by atoms with van der Waals surface area (Å²) in [6, 6.07) is 5.38. The molecule has 1 heterocycles. The largest absolute Gasteiger partial charge is 0.387 e. The van der Waals surface area contributed by atoms with Crippen molar-refractivity contribution >= 4 is 34.7 Å². The second kappa shape index (κ2) is 5.31. The van der Waals surface area contributed by atoms with Gasteiger partial charge in [0, 0.05) is 6.42 Å². The first-order valence-electron chi connectivity index (χ1n) is 4.99. The van der Waals surface area contributed by atoms with Crippen LogP contribution in [0.5, 0.6) is 0 Å². The van der Waals surface area contributed by atoms with Crippen LogP contribution in [0.1, 0.15) is 22.2 Å². The van der Waals surface area contributed by atoms with Crippen molar-refractivity contribution in [2.45, 2.75) is 19.4 Å². The Morgan fingerprint density at radius 1 is 1.41 bits per heavy atom. The van der Waals surface area contributed by atoms with E-state index >= 15 is 0 Å². The van der Waals surface area contributed by atoms with Crippen molar-refractivity contribution < 1.29 is 5.11 Å². The highest BCUT2D eigenvalue weighted by Gasteiger charge is 2.16. The summed E-state index contributed by atoms with van der Waals surface area (Å²) >= 11 is 13.2. The van der Waals surface area contributed by atoms with E-state index in [1.807, 2.05) is 19.1 Å². The molecular formula is C11H10Cl2N2OS. The molecular weight excluding hydrogens is 279 g/mol. The van der Waals surface area contributed by atoms with Gasteiger partial charge >= 0.3 is 0 Å². The Balaban J connectivity index is 2.22. The minimum absolute atomic E-state index is 0.407. The van der Waals surface area contributed by atoms with E-state index in [9.17, 15) is 5.11 Å². The molecule has 2 rings (SSSR count). The Hall–Kier alpha value is -0.680. The maximum Gasteiger partial charge on any atom is 0.0957 e. The molecule has 2 aromatic rings. The molecule has 1 N–H and O–H groups in total. The van der Waals surface area contributed by atoms with Crippen molar-refractivity contribution in [3.05, 3.63) is 44.4 Å². The predicted octanol–water partition coefficient (Wildman–Crippen LogP) is 3.43. The van der Waals surface area contributed by atoms with Gasteiger partial charge in [-0.2, -0.15) is 0 Å². The molecule has 0 aliphatic heterocycles. The van der Waals surface area contributed by atoms with Crippen LogP contribution in [0.25, 0.3) is 0 Å². The third-order valence-electron chi connectivity index (χ3n) is 2.43. The van der Waals surface area contributed by atoms with E-state index in [0.717, 1.165) is 16.1 Å². The van der Waals surface area contributed by atoms with Crippen LogP contribution in [0, 0.1) is 6.92 Å². The topological polar surface area (TPSA) is 46.0 Å². The van der Waals surface area contributed by atoms with Gasteiger partial charge in [0.1, 0.15) is 0 Å². The normalized spacial score (nSPS) is 12.7. The maximum atomic E-state index is 10.1. The minimum Gasteiger partial charge on any atom is -0.387 e. The molecule has 17 heavy (non-hydrogen) atoms. The quantitative estimate of drug-likeness (QED) is 0.941. The highest BCUT2D eigenvalue weighted by Crippen LogP contribution is 2.30. The monoisotopic (exact) mass is 288 g/mol. The average molecular weight is 289 g/mol. The first-order chi connectivity index (χ1) is 8.09. The van der Waals surface area contributed by atoms with E-state index in [4.69, 9.17) is 23.2 Å². The lowest BCUT2D eigenvalue weighted by atomic mass is 10.1. The van der Waals surface area contributed by atoms with Crippen LogP contribution in [-0.2, 0) is 6.42 Å². The van der Waals surface area contributed by atoms with E-state index in [1.165, 1.54) is 11.5 Å². The molecule has 0 bridgehead atoms. The van der Waals surface area contributed by atoms with Gasteiger partial charge in [0.25, 0.3) is 0 Å². The zero-order valence-corrected chi connectivity index (χ0v) is 11.4. The number of halogens is 2. The number of aliphatic hydroxyl groups is 1. The summed E-state index contributed by atoms with van der Waals surface area (Å²) in [5.41, 5.74) is 1.57. The molecule has 3 nitrogen and oxygen atoms in total. The van der Waals surface area contributed by atoms with Gasteiger partial charge in [-0.15, -0.1) is 5.10 Å². The molecule has 0 radical (unpaired) electrons. The number of aliphatic hydroxyl groups excluding tert-OH is 1. The van der Waals surface area contributed by atoms with Gasteiger partial charge in [0.15, 0.2) is 0 Å². The molecule has 0 amide bonds. The highest BCUT2D eigenvalue weighted by molar-refractivity contribution is 7.05. The van der Waals surface area contributed by atoms with Gasteiger partial charge in [-0.05, 0) is 30.1 Å². The second-order valence-corrected chi connectivity index (χ2v) is 5.23. The standard InChI is InChI=1S/C11H10Cl2N2OS/c1-6-11(17-15-14-6)9(16)5-7-3-2-4-8(12)10(7)13/h2-4,9,16H,5H2,1H3. The molecule has 1 atom stereocenters. The van der Waals surface area contributed by atoms with Crippen LogP contribution in [0.4, 0.5) is 0 Å². The molecule has 1 aromatic heterocycles. The van der Waals surface area contributed by atoms with Crippen molar-refractivity contribution in [2.75, 3.05) is 0 Å². The van der Waals surface area contributed by atoms with Crippen LogP contribution >= 0.6 is 34.7 Å². The van der Waals surface area contributed by atoms with Gasteiger partial charge in [0.2, 0.25) is 0 Å². The number of rotatable bonds is 3. The second-order valence-electron chi connectivity index (χ2n) is 3.66. The lowest BCUT2D eigenvalue weighted by Gasteiger charge is -2.10. The Morgan fingerprint density at radius 3 is 2.82 bits per heavy atom. The molecule has 0 aliphatic rings. The van der Waals surface area contributed by atoms with Gasteiger partial charge < -0.3 is 5.11 Å². The average Bonchev–Trinajstić information content (AvgIpc) is 2.71. The lowest BCUT2D eigenvalue weighted by molar-refractivity contribution is 0.181. The van der Waals surface area contributed by atoms with Crippen LogP contribution in [0.2, 0.25) is 10.0 Å². The van der Waals surface area contributed by atoms with Crippen molar-refractivity contribution in [1.82, 2.24) is 9.59 Å². The van der Waals surface area contributed by atoms with Crippen molar-refractivity contribution in [3.8, 4) is 0 Å². The lowest BCUT2D eigenvalue weighted by Crippen LogP contribution is -2.02. The molecule has 0 spiro atoms. The van der Waals surface area contributed by atoms with Crippen molar-refractivity contribution in [1.29, 1.82) is 0 Å². The number of nitrogens with zero attached hydrogens (tertiary/aromatic N) is 2. The number of benzene rings is 1. The maximum absolute atomic E-state index is 10.1. The molecule has 1 aromatic carbocycles. The Kier molecular flexibility index (Phi) is 3.99. The zero-order valence-electron chi connectivity index (χ0n) is 9.02. The molecule has 1 unspecified atom stereocenters. The number of aryl methyl sites for hydroxylation is 1. The molecule has 6 heteroatoms. The van der Waals surface area contributed by atoms with Crippen molar-refractivity contribution in [3.63, 3.8) is 0 Å². The molecule has 0 saturated heterocycles. The summed E-state index contributed by atoms with van der Waals surface area (Å²) in [5.74, 6) is 0. The van der Waals surface area contributed by atoms with E-state index in [-0.39, 0.29) is 0 Å². The smallest absolute Gasteiger partial charge is 0.0957 e. The molecule has 0 fully saturated rings. The van der Waals surface area contributed by atoms with Crippen LogP contribution in [-0.4, -0.2) is 14.7 Å². The van der Waals surface area contributed by atoms with Crippen LogP contribution in [0.3, 0.4) is 0 Å². The molecule has 0 aliphatic carbocycles. The fraction of sp³-hybridized carbons (Fsp3) is 0.273. The third kappa shape index (κ3) is 2.77. The van der Waals surface area contributed by atoms with Crippen LogP contribution < -0.4 is 0 Å². The molecule has 0 saturated carbocycles. The van der Waals surface area contributed by atoms with Gasteiger partial charge in [-0.25, -0.2) is 0 Å². The predicted molar refractivity (Wildman–Crippen MR) is 69.8 cm³/mol. The summed E-state index contributed by atoms with van der Waals surface area (Å²) in [5, 5.41) is 14.9. The summed E-state index contributed by atoms with van der Waals surface area (Å²) in [4.78, 5) is 0.765. The molecule has 90 valence electrons. The van der Waals surface area contributed by atoms with Crippen molar-refractivity contribution in [2.24, 2.45) is 0 Å². The highest BCUT2D eigenvalue weighted by atomic mass is 35.5. The third-order valence-corrected chi connectivity index (χ3v) is 4.22. The van der Waals surface area contributed by atoms with E-state index in [2.05, 4.69) is 9.59 Å². The van der Waals surface area contributed by atoms with E-state index in [1.54, 1.807) is 6.07 Å². The summed E-state index contributed by atoms with van der Waals surface area (Å²) in [6.45, 7) is 1.82. The van der Waals surface area contributed by atoms with E-state index in [0.29, 0.717) is 16.5 Å².